The first kappa shape index (κ1) is 16.2. The number of fused-ring (bicyclic) bond motifs is 1. The molecule has 1 saturated heterocycles. The second-order valence-electron chi connectivity index (χ2n) is 7.15. The molecule has 0 unspecified atom stereocenters. The van der Waals surface area contributed by atoms with Crippen molar-refractivity contribution in [3.8, 4) is 0 Å². The highest BCUT2D eigenvalue weighted by molar-refractivity contribution is 5.67. The Hall–Kier alpha value is -2.31. The van der Waals surface area contributed by atoms with Gasteiger partial charge < -0.3 is 15.5 Å². The fourth-order valence-corrected chi connectivity index (χ4v) is 4.12. The number of aromatic nitrogens is 4. The summed E-state index contributed by atoms with van der Waals surface area (Å²) < 4.78 is 1.90. The molecule has 0 atom stereocenters. The van der Waals surface area contributed by atoms with Crippen LogP contribution in [0.1, 0.15) is 35.6 Å². The third kappa shape index (κ3) is 2.81. The maximum atomic E-state index is 6.23. The van der Waals surface area contributed by atoms with Gasteiger partial charge in [0.25, 0.3) is 0 Å². The first-order valence-electron chi connectivity index (χ1n) is 9.20. The Morgan fingerprint density at radius 3 is 2.28 bits per heavy atom. The highest BCUT2D eigenvalue weighted by Gasteiger charge is 2.26. The number of nitrogens with zero attached hydrogens (tertiary/aromatic N) is 6. The highest BCUT2D eigenvalue weighted by atomic mass is 15.4. The molecule has 2 aliphatic rings. The lowest BCUT2D eigenvalue weighted by atomic mass is 9.96. The predicted octanol–water partition coefficient (Wildman–Crippen LogP) is 1.61. The molecule has 25 heavy (non-hydrogen) atoms. The average molecular weight is 341 g/mol. The minimum Gasteiger partial charge on any atom is -0.394 e. The lowest BCUT2D eigenvalue weighted by molar-refractivity contribution is 0.605. The van der Waals surface area contributed by atoms with Gasteiger partial charge in [0, 0.05) is 44.5 Å². The molecule has 134 valence electrons. The molecule has 0 saturated carbocycles. The standard InChI is InChI=1S/C18H27N7/c1-12-16(19)18(23(3)22-12)25-10-8-24(9-11-25)17-14-6-4-5-7-15(14)20-13(2)21-17/h4-11,19H2,1-3H3. The first-order valence-corrected chi connectivity index (χ1v) is 9.20. The van der Waals surface area contributed by atoms with Crippen LogP contribution in [0.2, 0.25) is 0 Å². The van der Waals surface area contributed by atoms with E-state index in [0.717, 1.165) is 67.9 Å². The van der Waals surface area contributed by atoms with Gasteiger partial charge in [-0.15, -0.1) is 0 Å². The summed E-state index contributed by atoms with van der Waals surface area (Å²) >= 11 is 0. The Balaban J connectivity index is 1.56. The van der Waals surface area contributed by atoms with Crippen LogP contribution < -0.4 is 15.5 Å². The zero-order chi connectivity index (χ0) is 17.6. The minimum absolute atomic E-state index is 0.797. The number of nitrogen functional groups attached to an aromatic ring is 1. The van der Waals surface area contributed by atoms with Crippen molar-refractivity contribution in [2.75, 3.05) is 41.7 Å². The fraction of sp³-hybridized carbons (Fsp3) is 0.611. The van der Waals surface area contributed by atoms with Gasteiger partial charge in [0.15, 0.2) is 5.82 Å². The number of hydrogen-bond donors (Lipinski definition) is 1. The van der Waals surface area contributed by atoms with Gasteiger partial charge in [-0.25, -0.2) is 9.97 Å². The Kier molecular flexibility index (Phi) is 4.01. The molecule has 2 aromatic heterocycles. The number of anilines is 3. The van der Waals surface area contributed by atoms with Crippen molar-refractivity contribution in [1.29, 1.82) is 0 Å². The van der Waals surface area contributed by atoms with Gasteiger partial charge >= 0.3 is 0 Å². The number of rotatable bonds is 2. The SMILES string of the molecule is Cc1nc2c(c(N3CCN(c4c(N)c(C)nn4C)CC3)n1)CCCC2. The van der Waals surface area contributed by atoms with Gasteiger partial charge in [0.2, 0.25) is 0 Å². The summed E-state index contributed by atoms with van der Waals surface area (Å²) in [6.45, 7) is 7.74. The van der Waals surface area contributed by atoms with Crippen LogP contribution >= 0.6 is 0 Å². The molecule has 0 aromatic carbocycles. The van der Waals surface area contributed by atoms with Gasteiger partial charge in [0.05, 0.1) is 11.4 Å². The van der Waals surface area contributed by atoms with Crippen molar-refractivity contribution in [2.24, 2.45) is 7.05 Å². The highest BCUT2D eigenvalue weighted by Crippen LogP contribution is 2.31. The van der Waals surface area contributed by atoms with Crippen LogP contribution in [0.5, 0.6) is 0 Å². The van der Waals surface area contributed by atoms with Crippen LogP contribution in [-0.2, 0) is 19.9 Å². The second kappa shape index (κ2) is 6.20. The fourth-order valence-electron chi connectivity index (χ4n) is 4.12. The lowest BCUT2D eigenvalue weighted by Crippen LogP contribution is -2.48. The van der Waals surface area contributed by atoms with Crippen LogP contribution in [0, 0.1) is 13.8 Å². The van der Waals surface area contributed by atoms with E-state index >= 15 is 0 Å². The van der Waals surface area contributed by atoms with Gasteiger partial charge in [-0.3, -0.25) is 4.68 Å². The summed E-state index contributed by atoms with van der Waals surface area (Å²) in [4.78, 5) is 14.2. The monoisotopic (exact) mass is 341 g/mol. The summed E-state index contributed by atoms with van der Waals surface area (Å²) in [7, 11) is 1.97. The zero-order valence-electron chi connectivity index (χ0n) is 15.4. The molecule has 7 heteroatoms. The molecule has 0 amide bonds. The topological polar surface area (TPSA) is 76.1 Å². The van der Waals surface area contributed by atoms with E-state index in [4.69, 9.17) is 10.7 Å². The Bertz CT molecular complexity index is 787. The molecule has 7 nitrogen and oxygen atoms in total. The number of nitrogens with two attached hydrogens (primary N) is 1. The quantitative estimate of drug-likeness (QED) is 0.894. The molecule has 1 aliphatic heterocycles. The summed E-state index contributed by atoms with van der Waals surface area (Å²) in [6.07, 6.45) is 4.70. The molecule has 0 spiro atoms. The summed E-state index contributed by atoms with van der Waals surface area (Å²) in [5, 5.41) is 4.45. The molecule has 0 radical (unpaired) electrons. The van der Waals surface area contributed by atoms with E-state index in [9.17, 15) is 0 Å². The van der Waals surface area contributed by atoms with Gasteiger partial charge in [-0.1, -0.05) is 0 Å². The number of piperazine rings is 1. The van der Waals surface area contributed by atoms with E-state index in [1.807, 2.05) is 25.6 Å². The van der Waals surface area contributed by atoms with Gasteiger partial charge in [0.1, 0.15) is 11.6 Å². The third-order valence-electron chi connectivity index (χ3n) is 5.39. The van der Waals surface area contributed by atoms with Gasteiger partial charge in [-0.05, 0) is 39.5 Å². The van der Waals surface area contributed by atoms with E-state index < -0.39 is 0 Å². The first-order chi connectivity index (χ1) is 12.0. The third-order valence-corrected chi connectivity index (χ3v) is 5.39. The largest absolute Gasteiger partial charge is 0.394 e. The molecule has 3 heterocycles. The van der Waals surface area contributed by atoms with E-state index in [0.29, 0.717) is 0 Å². The second-order valence-corrected chi connectivity index (χ2v) is 7.15. The summed E-state index contributed by atoms with van der Waals surface area (Å²) in [5.41, 5.74) is 10.6. The Morgan fingerprint density at radius 2 is 1.60 bits per heavy atom. The van der Waals surface area contributed by atoms with E-state index in [1.54, 1.807) is 0 Å². The normalized spacial score (nSPS) is 17.7. The zero-order valence-corrected chi connectivity index (χ0v) is 15.4. The van der Waals surface area contributed by atoms with Crippen molar-refractivity contribution in [3.63, 3.8) is 0 Å². The van der Waals surface area contributed by atoms with Crippen LogP contribution in [-0.4, -0.2) is 45.9 Å². The van der Waals surface area contributed by atoms with Crippen molar-refractivity contribution < 1.29 is 0 Å². The predicted molar refractivity (Wildman–Crippen MR) is 100 cm³/mol. The Labute approximate surface area is 148 Å². The Morgan fingerprint density at radius 1 is 0.920 bits per heavy atom. The minimum atomic E-state index is 0.797. The molecule has 0 bridgehead atoms. The molecule has 1 aliphatic carbocycles. The summed E-state index contributed by atoms with van der Waals surface area (Å²) in [6, 6.07) is 0. The van der Waals surface area contributed by atoms with E-state index in [1.165, 1.54) is 24.1 Å². The molecule has 4 rings (SSSR count). The van der Waals surface area contributed by atoms with Crippen LogP contribution in [0.15, 0.2) is 0 Å². The lowest BCUT2D eigenvalue weighted by Gasteiger charge is -2.38. The maximum absolute atomic E-state index is 6.23. The van der Waals surface area contributed by atoms with Crippen LogP contribution in [0.4, 0.5) is 17.3 Å². The van der Waals surface area contributed by atoms with E-state index in [-0.39, 0.29) is 0 Å². The maximum Gasteiger partial charge on any atom is 0.150 e. The van der Waals surface area contributed by atoms with Crippen LogP contribution in [0.25, 0.3) is 0 Å². The molecule has 2 N–H and O–H groups in total. The average Bonchev–Trinajstić information content (AvgIpc) is 2.86. The molecular formula is C18H27N7. The molecule has 2 aromatic rings. The van der Waals surface area contributed by atoms with Crippen molar-refractivity contribution in [1.82, 2.24) is 19.7 Å². The van der Waals surface area contributed by atoms with Crippen molar-refractivity contribution in [2.45, 2.75) is 39.5 Å². The smallest absolute Gasteiger partial charge is 0.150 e. The molecule has 1 fully saturated rings. The van der Waals surface area contributed by atoms with Crippen molar-refractivity contribution >= 4 is 17.3 Å². The number of hydrogen-bond acceptors (Lipinski definition) is 6. The number of aryl methyl sites for hydroxylation is 4. The van der Waals surface area contributed by atoms with Crippen molar-refractivity contribution in [3.05, 3.63) is 22.8 Å². The van der Waals surface area contributed by atoms with Crippen LogP contribution in [0.3, 0.4) is 0 Å². The molecular weight excluding hydrogens is 314 g/mol. The summed E-state index contributed by atoms with van der Waals surface area (Å²) in [5.74, 6) is 3.10. The van der Waals surface area contributed by atoms with E-state index in [2.05, 4.69) is 19.9 Å². The van der Waals surface area contributed by atoms with Gasteiger partial charge in [-0.2, -0.15) is 5.10 Å².